The second-order valence-corrected chi connectivity index (χ2v) is 7.00. The number of hydrogen-bond donors (Lipinski definition) is 1. The van der Waals surface area contributed by atoms with Gasteiger partial charge >= 0.3 is 0 Å². The van der Waals surface area contributed by atoms with Crippen molar-refractivity contribution < 1.29 is 9.53 Å². The molecule has 0 unspecified atom stereocenters. The van der Waals surface area contributed by atoms with Gasteiger partial charge in [0.1, 0.15) is 5.75 Å². The van der Waals surface area contributed by atoms with Crippen LogP contribution in [0.15, 0.2) is 59.7 Å². The number of nitrogens with one attached hydrogen (secondary N) is 1. The average Bonchev–Trinajstić information content (AvgIpc) is 2.67. The maximum Gasteiger partial charge on any atom is 0.277 e. The topological polar surface area (TPSA) is 50.7 Å². The van der Waals surface area contributed by atoms with Crippen LogP contribution in [0.5, 0.6) is 5.75 Å². The number of ether oxygens (including phenoxy) is 1. The van der Waals surface area contributed by atoms with Gasteiger partial charge in [0.2, 0.25) is 0 Å². The molecule has 1 N–H and O–H groups in total. The molecule has 138 valence electrons. The molecule has 3 rings (SSSR count). The van der Waals surface area contributed by atoms with E-state index in [2.05, 4.69) is 10.5 Å². The van der Waals surface area contributed by atoms with Crippen LogP contribution in [-0.4, -0.2) is 18.2 Å². The Labute approximate surface area is 171 Å². The number of amides is 1. The Morgan fingerprint density at radius 2 is 1.67 bits per heavy atom. The molecule has 1 amide bonds. The molecule has 0 radical (unpaired) electrons. The van der Waals surface area contributed by atoms with Gasteiger partial charge in [-0.25, -0.2) is 5.43 Å². The quantitative estimate of drug-likeness (QED) is 0.325. The summed E-state index contributed by atoms with van der Waals surface area (Å²) in [5, 5.41) is 7.25. The number of carbonyl (C=O) groups is 1. The maximum absolute atomic E-state index is 12.0. The zero-order valence-electron chi connectivity index (χ0n) is 14.3. The molecule has 0 aliphatic carbocycles. The molecule has 0 bridgehead atoms. The predicted molar refractivity (Wildman–Crippen MR) is 111 cm³/mol. The molecular formula is C20H15Cl3N2O2. The average molecular weight is 422 g/mol. The Hall–Kier alpha value is -2.27. The lowest BCUT2D eigenvalue weighted by atomic mass is 10.0. The summed E-state index contributed by atoms with van der Waals surface area (Å²) in [5.41, 5.74) is 4.07. The molecule has 0 aliphatic rings. The van der Waals surface area contributed by atoms with E-state index in [-0.39, 0.29) is 17.4 Å². The number of benzene rings is 3. The van der Waals surface area contributed by atoms with E-state index in [0.717, 1.165) is 16.3 Å². The minimum absolute atomic E-state index is 0.258. The van der Waals surface area contributed by atoms with Crippen molar-refractivity contribution in [1.82, 2.24) is 5.43 Å². The second kappa shape index (κ2) is 8.61. The summed E-state index contributed by atoms with van der Waals surface area (Å²) in [4.78, 5) is 12.0. The number of hydrogen-bond acceptors (Lipinski definition) is 3. The van der Waals surface area contributed by atoms with Gasteiger partial charge in [-0.3, -0.25) is 4.79 Å². The first-order valence-electron chi connectivity index (χ1n) is 8.03. The van der Waals surface area contributed by atoms with Crippen molar-refractivity contribution in [3.63, 3.8) is 0 Å². The SMILES string of the molecule is CC(=NNC(=O)COc1cc(Cl)c(Cl)cc1Cl)c1ccc2ccccc2c1. The van der Waals surface area contributed by atoms with Gasteiger partial charge in [-0.2, -0.15) is 5.10 Å². The molecule has 27 heavy (non-hydrogen) atoms. The highest BCUT2D eigenvalue weighted by Gasteiger charge is 2.09. The third-order valence-electron chi connectivity index (χ3n) is 3.85. The summed E-state index contributed by atoms with van der Waals surface area (Å²) in [6, 6.07) is 16.9. The van der Waals surface area contributed by atoms with Gasteiger partial charge in [0.25, 0.3) is 5.91 Å². The van der Waals surface area contributed by atoms with Gasteiger partial charge in [-0.1, -0.05) is 71.2 Å². The van der Waals surface area contributed by atoms with Crippen LogP contribution in [0.3, 0.4) is 0 Å². The normalized spacial score (nSPS) is 11.5. The summed E-state index contributed by atoms with van der Waals surface area (Å²) in [6.07, 6.45) is 0. The fraction of sp³-hybridized carbons (Fsp3) is 0.100. The molecule has 0 aliphatic heterocycles. The van der Waals surface area contributed by atoms with E-state index in [1.54, 1.807) is 0 Å². The Morgan fingerprint density at radius 1 is 0.963 bits per heavy atom. The van der Waals surface area contributed by atoms with Gasteiger partial charge < -0.3 is 4.74 Å². The molecule has 0 saturated heterocycles. The fourth-order valence-corrected chi connectivity index (χ4v) is 3.01. The van der Waals surface area contributed by atoms with Gasteiger partial charge in [0.05, 0.1) is 20.8 Å². The van der Waals surface area contributed by atoms with Gasteiger partial charge in [-0.15, -0.1) is 0 Å². The van der Waals surface area contributed by atoms with Crippen molar-refractivity contribution >= 4 is 57.2 Å². The third-order valence-corrected chi connectivity index (χ3v) is 4.87. The fourth-order valence-electron chi connectivity index (χ4n) is 2.42. The van der Waals surface area contributed by atoms with E-state index in [0.29, 0.717) is 15.8 Å². The molecule has 3 aromatic rings. The first-order valence-corrected chi connectivity index (χ1v) is 9.17. The van der Waals surface area contributed by atoms with Crippen molar-refractivity contribution in [3.8, 4) is 5.75 Å². The standard InChI is InChI=1S/C20H15Cl3N2O2/c1-12(14-7-6-13-4-2-3-5-15(13)8-14)24-25-20(26)11-27-19-10-17(22)16(21)9-18(19)23/h2-10H,11H2,1H3,(H,25,26). The third kappa shape index (κ3) is 4.92. The van der Waals surface area contributed by atoms with Crippen LogP contribution < -0.4 is 10.2 Å². The molecule has 0 atom stereocenters. The summed E-state index contributed by atoms with van der Waals surface area (Å²) < 4.78 is 5.37. The van der Waals surface area contributed by atoms with E-state index in [1.165, 1.54) is 12.1 Å². The summed E-state index contributed by atoms with van der Waals surface area (Å²) in [6.45, 7) is 1.56. The molecule has 0 spiro atoms. The van der Waals surface area contributed by atoms with Crippen LogP contribution in [-0.2, 0) is 4.79 Å². The smallest absolute Gasteiger partial charge is 0.277 e. The van der Waals surface area contributed by atoms with Crippen molar-refractivity contribution in [2.24, 2.45) is 5.10 Å². The molecule has 0 saturated carbocycles. The molecule has 7 heteroatoms. The van der Waals surface area contributed by atoms with E-state index in [1.807, 2.05) is 49.4 Å². The minimum atomic E-state index is -0.419. The van der Waals surface area contributed by atoms with E-state index < -0.39 is 5.91 Å². The highest BCUT2D eigenvalue weighted by molar-refractivity contribution is 6.43. The molecule has 0 heterocycles. The number of halogens is 3. The zero-order chi connectivity index (χ0) is 19.4. The first-order chi connectivity index (χ1) is 12.9. The van der Waals surface area contributed by atoms with E-state index >= 15 is 0 Å². The lowest BCUT2D eigenvalue weighted by Gasteiger charge is -2.09. The van der Waals surface area contributed by atoms with E-state index in [4.69, 9.17) is 39.5 Å². The van der Waals surface area contributed by atoms with Crippen molar-refractivity contribution in [2.45, 2.75) is 6.92 Å². The summed E-state index contributed by atoms with van der Waals surface area (Å²) >= 11 is 17.8. The second-order valence-electron chi connectivity index (χ2n) is 5.78. The van der Waals surface area contributed by atoms with Gasteiger partial charge in [-0.05, 0) is 35.4 Å². The van der Waals surface area contributed by atoms with Crippen molar-refractivity contribution in [1.29, 1.82) is 0 Å². The highest BCUT2D eigenvalue weighted by Crippen LogP contribution is 2.33. The predicted octanol–water partition coefficient (Wildman–Crippen LogP) is 5.72. The lowest BCUT2D eigenvalue weighted by molar-refractivity contribution is -0.123. The van der Waals surface area contributed by atoms with E-state index in [9.17, 15) is 4.79 Å². The molecule has 3 aromatic carbocycles. The first kappa shape index (κ1) is 19.5. The van der Waals surface area contributed by atoms with Crippen LogP contribution >= 0.6 is 34.8 Å². The van der Waals surface area contributed by atoms with Crippen LogP contribution in [0.2, 0.25) is 15.1 Å². The number of fused-ring (bicyclic) bond motifs is 1. The number of rotatable bonds is 5. The molecular weight excluding hydrogens is 407 g/mol. The molecule has 0 aromatic heterocycles. The number of carbonyl (C=O) groups excluding carboxylic acids is 1. The minimum Gasteiger partial charge on any atom is -0.482 e. The van der Waals surface area contributed by atoms with Gasteiger partial charge in [0, 0.05) is 6.07 Å². The summed E-state index contributed by atoms with van der Waals surface area (Å²) in [5.74, 6) is -0.145. The Morgan fingerprint density at radius 3 is 2.44 bits per heavy atom. The lowest BCUT2D eigenvalue weighted by Crippen LogP contribution is -2.25. The van der Waals surface area contributed by atoms with Crippen LogP contribution in [0.4, 0.5) is 0 Å². The highest BCUT2D eigenvalue weighted by atomic mass is 35.5. The zero-order valence-corrected chi connectivity index (χ0v) is 16.6. The molecule has 4 nitrogen and oxygen atoms in total. The van der Waals surface area contributed by atoms with Crippen LogP contribution in [0.25, 0.3) is 10.8 Å². The molecule has 0 fully saturated rings. The maximum atomic E-state index is 12.0. The Bertz CT molecular complexity index is 1030. The number of hydrazone groups is 1. The van der Waals surface area contributed by atoms with Gasteiger partial charge in [0.15, 0.2) is 6.61 Å². The monoisotopic (exact) mass is 420 g/mol. The largest absolute Gasteiger partial charge is 0.482 e. The van der Waals surface area contributed by atoms with Crippen LogP contribution in [0, 0.1) is 0 Å². The summed E-state index contributed by atoms with van der Waals surface area (Å²) in [7, 11) is 0. The van der Waals surface area contributed by atoms with Crippen molar-refractivity contribution in [3.05, 3.63) is 75.2 Å². The van der Waals surface area contributed by atoms with Crippen molar-refractivity contribution in [2.75, 3.05) is 6.61 Å². The van der Waals surface area contributed by atoms with Crippen LogP contribution in [0.1, 0.15) is 12.5 Å². The number of nitrogens with zero attached hydrogens (tertiary/aromatic N) is 1. The Balaban J connectivity index is 1.62. The Kier molecular flexibility index (Phi) is 6.22.